The highest BCUT2D eigenvalue weighted by Crippen LogP contribution is 2.26. The molecular formula is C25H26N2O2. The Morgan fingerprint density at radius 1 is 1.00 bits per heavy atom. The first-order valence-corrected chi connectivity index (χ1v) is 10.2. The average molecular weight is 386 g/mol. The molecule has 1 aliphatic heterocycles. The van der Waals surface area contributed by atoms with Crippen molar-refractivity contribution in [3.8, 4) is 0 Å². The SMILES string of the molecule is CN(Cc1cccc2ccccc12)C(=O)C1CCN(c2ccc(C=O)cc2)CC1. The van der Waals surface area contributed by atoms with E-state index in [9.17, 15) is 9.59 Å². The largest absolute Gasteiger partial charge is 0.371 e. The van der Waals surface area contributed by atoms with E-state index in [4.69, 9.17) is 0 Å². The van der Waals surface area contributed by atoms with Gasteiger partial charge in [0, 0.05) is 43.9 Å². The molecule has 1 heterocycles. The molecule has 0 radical (unpaired) electrons. The summed E-state index contributed by atoms with van der Waals surface area (Å²) in [6, 6.07) is 22.3. The van der Waals surface area contributed by atoms with Gasteiger partial charge in [-0.15, -0.1) is 0 Å². The van der Waals surface area contributed by atoms with Crippen LogP contribution < -0.4 is 4.90 Å². The maximum atomic E-state index is 13.0. The lowest BCUT2D eigenvalue weighted by atomic mass is 9.94. The summed E-state index contributed by atoms with van der Waals surface area (Å²) in [5.74, 6) is 0.300. The molecular weight excluding hydrogens is 360 g/mol. The summed E-state index contributed by atoms with van der Waals surface area (Å²) < 4.78 is 0. The van der Waals surface area contributed by atoms with Crippen LogP contribution in [0.5, 0.6) is 0 Å². The van der Waals surface area contributed by atoms with E-state index in [1.165, 1.54) is 16.3 Å². The van der Waals surface area contributed by atoms with E-state index >= 15 is 0 Å². The molecule has 4 heteroatoms. The molecule has 1 amide bonds. The summed E-state index contributed by atoms with van der Waals surface area (Å²) in [7, 11) is 1.91. The van der Waals surface area contributed by atoms with E-state index in [0.717, 1.165) is 37.9 Å². The summed E-state index contributed by atoms with van der Waals surface area (Å²) in [6.07, 6.45) is 2.57. The Labute approximate surface area is 171 Å². The molecule has 148 valence electrons. The van der Waals surface area contributed by atoms with Crippen molar-refractivity contribution in [1.29, 1.82) is 0 Å². The Kier molecular flexibility index (Phi) is 5.61. The minimum Gasteiger partial charge on any atom is -0.371 e. The van der Waals surface area contributed by atoms with Crippen LogP contribution >= 0.6 is 0 Å². The molecule has 0 unspecified atom stereocenters. The lowest BCUT2D eigenvalue weighted by molar-refractivity contribution is -0.135. The molecule has 0 atom stereocenters. The van der Waals surface area contributed by atoms with Crippen LogP contribution in [0.2, 0.25) is 0 Å². The number of hydrogen-bond donors (Lipinski definition) is 0. The zero-order valence-corrected chi connectivity index (χ0v) is 16.8. The maximum absolute atomic E-state index is 13.0. The topological polar surface area (TPSA) is 40.6 Å². The van der Waals surface area contributed by atoms with E-state index in [1.807, 2.05) is 48.3 Å². The summed E-state index contributed by atoms with van der Waals surface area (Å²) in [4.78, 5) is 28.0. The molecule has 4 nitrogen and oxygen atoms in total. The molecule has 0 N–H and O–H groups in total. The number of rotatable bonds is 5. The molecule has 3 aromatic carbocycles. The van der Waals surface area contributed by atoms with Gasteiger partial charge in [-0.25, -0.2) is 0 Å². The third kappa shape index (κ3) is 4.16. The molecule has 0 aliphatic carbocycles. The molecule has 0 saturated carbocycles. The fourth-order valence-electron chi connectivity index (χ4n) is 4.22. The molecule has 1 fully saturated rings. The number of aldehydes is 1. The summed E-state index contributed by atoms with van der Waals surface area (Å²) >= 11 is 0. The quantitative estimate of drug-likeness (QED) is 0.605. The Balaban J connectivity index is 1.38. The second-order valence-corrected chi connectivity index (χ2v) is 7.80. The normalized spacial score (nSPS) is 14.7. The van der Waals surface area contributed by atoms with E-state index in [0.29, 0.717) is 12.1 Å². The number of anilines is 1. The zero-order valence-electron chi connectivity index (χ0n) is 16.8. The van der Waals surface area contributed by atoms with Crippen LogP contribution in [0.25, 0.3) is 10.8 Å². The molecule has 3 aromatic rings. The van der Waals surface area contributed by atoms with Crippen LogP contribution in [0.4, 0.5) is 5.69 Å². The van der Waals surface area contributed by atoms with Gasteiger partial charge >= 0.3 is 0 Å². The predicted molar refractivity (Wildman–Crippen MR) is 117 cm³/mol. The number of benzene rings is 3. The van der Waals surface area contributed by atoms with Crippen molar-refractivity contribution < 1.29 is 9.59 Å². The van der Waals surface area contributed by atoms with Crippen molar-refractivity contribution >= 4 is 28.7 Å². The van der Waals surface area contributed by atoms with Gasteiger partial charge < -0.3 is 9.80 Å². The van der Waals surface area contributed by atoms with Gasteiger partial charge in [-0.1, -0.05) is 42.5 Å². The van der Waals surface area contributed by atoms with Crippen molar-refractivity contribution in [3.63, 3.8) is 0 Å². The van der Waals surface area contributed by atoms with Gasteiger partial charge in [-0.3, -0.25) is 9.59 Å². The zero-order chi connectivity index (χ0) is 20.2. The van der Waals surface area contributed by atoms with E-state index < -0.39 is 0 Å². The van der Waals surface area contributed by atoms with Crippen molar-refractivity contribution in [3.05, 3.63) is 77.9 Å². The molecule has 0 aromatic heterocycles. The van der Waals surface area contributed by atoms with Crippen LogP contribution in [0.15, 0.2) is 66.7 Å². The molecule has 29 heavy (non-hydrogen) atoms. The first-order chi connectivity index (χ1) is 14.2. The van der Waals surface area contributed by atoms with Gasteiger partial charge in [-0.2, -0.15) is 0 Å². The lowest BCUT2D eigenvalue weighted by Gasteiger charge is -2.34. The van der Waals surface area contributed by atoms with Crippen LogP contribution in [0, 0.1) is 5.92 Å². The summed E-state index contributed by atoms with van der Waals surface area (Å²) in [6.45, 7) is 2.35. The fraction of sp³-hybridized carbons (Fsp3) is 0.280. The summed E-state index contributed by atoms with van der Waals surface area (Å²) in [5.41, 5.74) is 2.99. The van der Waals surface area contributed by atoms with Gasteiger partial charge in [0.05, 0.1) is 0 Å². The molecule has 0 spiro atoms. The third-order valence-electron chi connectivity index (χ3n) is 5.90. The highest BCUT2D eigenvalue weighted by molar-refractivity contribution is 5.86. The maximum Gasteiger partial charge on any atom is 0.225 e. The summed E-state index contributed by atoms with van der Waals surface area (Å²) in [5, 5.41) is 2.42. The highest BCUT2D eigenvalue weighted by atomic mass is 16.2. The Morgan fingerprint density at radius 3 is 2.41 bits per heavy atom. The first-order valence-electron chi connectivity index (χ1n) is 10.2. The van der Waals surface area contributed by atoms with Crippen LogP contribution in [-0.4, -0.2) is 37.2 Å². The fourth-order valence-corrected chi connectivity index (χ4v) is 4.22. The third-order valence-corrected chi connectivity index (χ3v) is 5.90. The smallest absolute Gasteiger partial charge is 0.225 e. The molecule has 1 saturated heterocycles. The molecule has 4 rings (SSSR count). The number of fused-ring (bicyclic) bond motifs is 1. The van der Waals surface area contributed by atoms with E-state index in [-0.39, 0.29) is 11.8 Å². The highest BCUT2D eigenvalue weighted by Gasteiger charge is 2.27. The van der Waals surface area contributed by atoms with Crippen LogP contribution in [0.3, 0.4) is 0 Å². The number of carbonyl (C=O) groups is 2. The number of piperidine rings is 1. The van der Waals surface area contributed by atoms with Crippen molar-refractivity contribution in [1.82, 2.24) is 4.90 Å². The minimum absolute atomic E-state index is 0.0699. The first kappa shape index (κ1) is 19.2. The molecule has 0 bridgehead atoms. The van der Waals surface area contributed by atoms with Gasteiger partial charge in [0.15, 0.2) is 0 Å². The van der Waals surface area contributed by atoms with E-state index in [1.54, 1.807) is 0 Å². The Morgan fingerprint density at radius 2 is 1.69 bits per heavy atom. The van der Waals surface area contributed by atoms with Crippen molar-refractivity contribution in [2.45, 2.75) is 19.4 Å². The number of amides is 1. The van der Waals surface area contributed by atoms with Gasteiger partial charge in [-0.05, 0) is 53.4 Å². The monoisotopic (exact) mass is 386 g/mol. The Bertz CT molecular complexity index is 1000. The second-order valence-electron chi connectivity index (χ2n) is 7.80. The van der Waals surface area contributed by atoms with Crippen LogP contribution in [-0.2, 0) is 11.3 Å². The lowest BCUT2D eigenvalue weighted by Crippen LogP contribution is -2.41. The number of hydrogen-bond acceptors (Lipinski definition) is 3. The second kappa shape index (κ2) is 8.48. The average Bonchev–Trinajstić information content (AvgIpc) is 2.79. The Hall–Kier alpha value is -3.14. The standard InChI is InChI=1S/C25H26N2O2/c1-26(17-22-7-4-6-20-5-2-3-8-24(20)22)25(29)21-13-15-27(16-14-21)23-11-9-19(18-28)10-12-23/h2-12,18,21H,13-17H2,1H3. The van der Waals surface area contributed by atoms with Gasteiger partial charge in [0.2, 0.25) is 5.91 Å². The van der Waals surface area contributed by atoms with Crippen molar-refractivity contribution in [2.24, 2.45) is 5.92 Å². The molecule has 1 aliphatic rings. The number of carbonyl (C=O) groups excluding carboxylic acids is 2. The minimum atomic E-state index is 0.0699. The van der Waals surface area contributed by atoms with Crippen LogP contribution in [0.1, 0.15) is 28.8 Å². The predicted octanol–water partition coefficient (Wildman–Crippen LogP) is 4.53. The van der Waals surface area contributed by atoms with Gasteiger partial charge in [0.25, 0.3) is 0 Å². The van der Waals surface area contributed by atoms with E-state index in [2.05, 4.69) is 35.2 Å². The number of nitrogens with zero attached hydrogens (tertiary/aromatic N) is 2. The van der Waals surface area contributed by atoms with Gasteiger partial charge in [0.1, 0.15) is 6.29 Å². The van der Waals surface area contributed by atoms with Crippen molar-refractivity contribution in [2.75, 3.05) is 25.0 Å².